The highest BCUT2D eigenvalue weighted by molar-refractivity contribution is 4.49. The van der Waals surface area contributed by atoms with Crippen LogP contribution in [-0.2, 0) is 0 Å². The Balaban J connectivity index is 0. The molecule has 142 valence electrons. The maximum Gasteiger partial charge on any atom is 0.0903 e. The van der Waals surface area contributed by atoms with Crippen LogP contribution >= 0.6 is 0 Å². The van der Waals surface area contributed by atoms with Gasteiger partial charge in [-0.1, -0.05) is 96.8 Å². The molecule has 0 saturated carbocycles. The molecule has 0 unspecified atom stereocenters. The molecule has 0 rings (SSSR count). The van der Waals surface area contributed by atoms with Crippen LogP contribution in [0.5, 0.6) is 0 Å². The minimum absolute atomic E-state index is 0. The van der Waals surface area contributed by atoms with Gasteiger partial charge in [0.1, 0.15) is 0 Å². The van der Waals surface area contributed by atoms with Gasteiger partial charge in [0, 0.05) is 0 Å². The Labute approximate surface area is 154 Å². The standard InChI is InChI=1S/C21H46N.ClH2/c1-5-6-7-8-9-10-11-12-13-14-15-16-17-18-19-20-21-22(2,3)4;/h5-21H2,1-4H3;1H2/q2*+1. The molecule has 23 heavy (non-hydrogen) atoms. The van der Waals surface area contributed by atoms with Gasteiger partial charge in [-0.05, 0) is 12.8 Å². The van der Waals surface area contributed by atoms with Gasteiger partial charge in [-0.2, -0.15) is 0 Å². The zero-order chi connectivity index (χ0) is 16.5. The molecule has 1 nitrogen and oxygen atoms in total. The first-order valence-corrected chi connectivity index (χ1v) is 10.4. The van der Waals surface area contributed by atoms with Gasteiger partial charge in [-0.25, -0.2) is 0 Å². The summed E-state index contributed by atoms with van der Waals surface area (Å²) in [4.78, 5) is 0. The number of nitrogens with zero attached hydrogens (tertiary/aromatic N) is 1. The molecule has 0 heterocycles. The van der Waals surface area contributed by atoms with E-state index in [0.717, 1.165) is 4.48 Å². The summed E-state index contributed by atoms with van der Waals surface area (Å²) in [6, 6.07) is 0. The van der Waals surface area contributed by atoms with Crippen molar-refractivity contribution in [1.82, 2.24) is 0 Å². The summed E-state index contributed by atoms with van der Waals surface area (Å²) in [7, 11) is 6.89. The smallest absolute Gasteiger partial charge is 0.0903 e. The van der Waals surface area contributed by atoms with Gasteiger partial charge in [0.2, 0.25) is 0 Å². The first-order chi connectivity index (χ1) is 10.6. The molecule has 0 N–H and O–H groups in total. The van der Waals surface area contributed by atoms with E-state index in [0.29, 0.717) is 0 Å². The summed E-state index contributed by atoms with van der Waals surface area (Å²) in [6.45, 7) is 3.63. The fraction of sp³-hybridized carbons (Fsp3) is 1.00. The third-order valence-electron chi connectivity index (χ3n) is 4.68. The average molecular weight is 350 g/mol. The van der Waals surface area contributed by atoms with Crippen molar-refractivity contribution in [2.45, 2.75) is 110 Å². The molecule has 0 amide bonds. The second kappa shape index (κ2) is 18.6. The molecule has 0 radical (unpaired) electrons. The largest absolute Gasteiger partial charge is 0.331 e. The fourth-order valence-corrected chi connectivity index (χ4v) is 3.13. The van der Waals surface area contributed by atoms with Crippen molar-refractivity contribution in [3.63, 3.8) is 0 Å². The lowest BCUT2D eigenvalue weighted by Gasteiger charge is -2.23. The van der Waals surface area contributed by atoms with Crippen LogP contribution in [0.1, 0.15) is 110 Å². The third kappa shape index (κ3) is 24.6. The Kier molecular flexibility index (Phi) is 20.6. The molecule has 0 aromatic rings. The molecule has 0 saturated heterocycles. The van der Waals surface area contributed by atoms with Crippen LogP contribution in [0.25, 0.3) is 0 Å². The normalized spacial score (nSPS) is 11.5. The molecule has 0 aromatic heterocycles. The van der Waals surface area contributed by atoms with E-state index in [1.165, 1.54) is 109 Å². The maximum absolute atomic E-state index is 2.30. The minimum atomic E-state index is 0. The van der Waals surface area contributed by atoms with Crippen molar-refractivity contribution in [2.24, 2.45) is 0 Å². The van der Waals surface area contributed by atoms with Crippen LogP contribution in [0.15, 0.2) is 0 Å². The second-order valence-corrected chi connectivity index (χ2v) is 8.32. The van der Waals surface area contributed by atoms with Crippen molar-refractivity contribution in [1.29, 1.82) is 0 Å². The lowest BCUT2D eigenvalue weighted by Crippen LogP contribution is -2.35. The van der Waals surface area contributed by atoms with E-state index < -0.39 is 0 Å². The molecule has 0 fully saturated rings. The van der Waals surface area contributed by atoms with E-state index in [1.807, 2.05) is 0 Å². The highest BCUT2D eigenvalue weighted by Crippen LogP contribution is 2.13. The number of hydrogen-bond donors (Lipinski definition) is 0. The van der Waals surface area contributed by atoms with Crippen LogP contribution in [0.3, 0.4) is 0 Å². The molecule has 0 spiro atoms. The Morgan fingerprint density at radius 3 is 0.957 bits per heavy atom. The van der Waals surface area contributed by atoms with Crippen molar-refractivity contribution < 1.29 is 16.9 Å². The molecule has 2 heteroatoms. The van der Waals surface area contributed by atoms with E-state index in [1.54, 1.807) is 0 Å². The highest BCUT2D eigenvalue weighted by Gasteiger charge is 2.04. The van der Waals surface area contributed by atoms with Crippen LogP contribution in [0, 0.1) is 12.4 Å². The molecule has 0 aliphatic rings. The molecule has 0 aliphatic carbocycles. The monoisotopic (exact) mass is 349 g/mol. The van der Waals surface area contributed by atoms with Crippen LogP contribution in [-0.4, -0.2) is 32.2 Å². The Bertz CT molecular complexity index is 210. The third-order valence-corrected chi connectivity index (χ3v) is 4.68. The number of halogens is 1. The van der Waals surface area contributed by atoms with Gasteiger partial charge in [0.15, 0.2) is 0 Å². The minimum Gasteiger partial charge on any atom is -0.331 e. The van der Waals surface area contributed by atoms with Gasteiger partial charge >= 0.3 is 0 Å². The van der Waals surface area contributed by atoms with E-state index >= 15 is 0 Å². The van der Waals surface area contributed by atoms with Crippen molar-refractivity contribution in [2.75, 3.05) is 27.7 Å². The molecular weight excluding hydrogens is 302 g/mol. The molecule has 0 atom stereocenters. The topological polar surface area (TPSA) is 0 Å². The Hall–Kier alpha value is 0.250. The van der Waals surface area contributed by atoms with Crippen LogP contribution < -0.4 is 0 Å². The van der Waals surface area contributed by atoms with Gasteiger partial charge in [-0.3, -0.25) is 0 Å². The van der Waals surface area contributed by atoms with Crippen LogP contribution in [0.4, 0.5) is 0 Å². The number of unbranched alkanes of at least 4 members (excludes halogenated alkanes) is 15. The number of quaternary nitrogens is 1. The van der Waals surface area contributed by atoms with Crippen molar-refractivity contribution in [3.05, 3.63) is 0 Å². The van der Waals surface area contributed by atoms with Gasteiger partial charge in [-0.15, -0.1) is 0 Å². The van der Waals surface area contributed by atoms with Gasteiger partial charge < -0.3 is 4.48 Å². The Morgan fingerprint density at radius 1 is 0.435 bits per heavy atom. The summed E-state index contributed by atoms with van der Waals surface area (Å²) in [5, 5.41) is 0. The SMILES string of the molecule is CCCCCCCCCCCCCCCCCC[N+](C)(C)C.[ClH2+]. The molecule has 0 bridgehead atoms. The van der Waals surface area contributed by atoms with Gasteiger partial charge in [0.05, 0.1) is 40.1 Å². The number of hydrogen-bond acceptors (Lipinski definition) is 0. The lowest BCUT2D eigenvalue weighted by molar-refractivity contribution is -0.870. The van der Waals surface area contributed by atoms with E-state index in [4.69, 9.17) is 0 Å². The predicted molar refractivity (Wildman–Crippen MR) is 105 cm³/mol. The lowest BCUT2D eigenvalue weighted by atomic mass is 10.0. The Morgan fingerprint density at radius 2 is 0.696 bits per heavy atom. The van der Waals surface area contributed by atoms with Crippen molar-refractivity contribution in [3.8, 4) is 0 Å². The summed E-state index contributed by atoms with van der Waals surface area (Å²) in [6.07, 6.45) is 23.4. The van der Waals surface area contributed by atoms with Crippen molar-refractivity contribution >= 4 is 0 Å². The zero-order valence-corrected chi connectivity index (χ0v) is 17.8. The second-order valence-electron chi connectivity index (χ2n) is 8.32. The first-order valence-electron chi connectivity index (χ1n) is 10.4. The summed E-state index contributed by atoms with van der Waals surface area (Å²) in [5.74, 6) is 0. The quantitative estimate of drug-likeness (QED) is 0.210. The van der Waals surface area contributed by atoms with Gasteiger partial charge in [0.25, 0.3) is 0 Å². The average Bonchev–Trinajstić information content (AvgIpc) is 2.45. The highest BCUT2D eigenvalue weighted by atomic mass is 35.5. The first kappa shape index (κ1) is 25.5. The van der Waals surface area contributed by atoms with E-state index in [9.17, 15) is 0 Å². The maximum atomic E-state index is 2.30. The van der Waals surface area contributed by atoms with Crippen LogP contribution in [0.2, 0.25) is 0 Å². The molecule has 0 aliphatic heterocycles. The fourth-order valence-electron chi connectivity index (χ4n) is 3.13. The summed E-state index contributed by atoms with van der Waals surface area (Å²) >= 11 is 0. The summed E-state index contributed by atoms with van der Waals surface area (Å²) in [5.41, 5.74) is 0. The number of rotatable bonds is 17. The molecular formula is C21H48ClN+2. The van der Waals surface area contributed by atoms with E-state index in [2.05, 4.69) is 28.1 Å². The zero-order valence-electron chi connectivity index (χ0n) is 16.9. The molecule has 0 aromatic carbocycles. The predicted octanol–water partition coefficient (Wildman–Crippen LogP) is 6.42. The summed E-state index contributed by atoms with van der Waals surface area (Å²) < 4.78 is 1.12. The van der Waals surface area contributed by atoms with E-state index in [-0.39, 0.29) is 12.4 Å².